The lowest BCUT2D eigenvalue weighted by Gasteiger charge is -2.21. The molecule has 0 spiro atoms. The fraction of sp³-hybridized carbons (Fsp3) is 0.667. The summed E-state index contributed by atoms with van der Waals surface area (Å²) in [6.07, 6.45) is 27.7. The maximum absolute atomic E-state index is 6.19. The van der Waals surface area contributed by atoms with Gasteiger partial charge in [0, 0.05) is 25.6 Å². The number of ether oxygens (including phenoxy) is 1. The van der Waals surface area contributed by atoms with Crippen LogP contribution in [0.15, 0.2) is 52.4 Å². The lowest BCUT2D eigenvalue weighted by molar-refractivity contribution is 0.114. The summed E-state index contributed by atoms with van der Waals surface area (Å²) in [5, 5.41) is 0. The van der Waals surface area contributed by atoms with Gasteiger partial charge in [-0.3, -0.25) is 4.99 Å². The predicted octanol–water partition coefficient (Wildman–Crippen LogP) is 9.58. The highest BCUT2D eigenvalue weighted by molar-refractivity contribution is 6.03. The van der Waals surface area contributed by atoms with Crippen molar-refractivity contribution in [3.8, 4) is 0 Å². The van der Waals surface area contributed by atoms with Crippen molar-refractivity contribution in [2.45, 2.75) is 130 Å². The van der Waals surface area contributed by atoms with Crippen LogP contribution in [0.2, 0.25) is 0 Å². The molecule has 206 valence electrons. The molecule has 4 nitrogen and oxygen atoms in total. The second kappa shape index (κ2) is 16.7. The summed E-state index contributed by atoms with van der Waals surface area (Å²) < 4.78 is 6.19. The summed E-state index contributed by atoms with van der Waals surface area (Å²) in [6, 6.07) is 4.18. The molecule has 0 bridgehead atoms. The first kappa shape index (κ1) is 29.5. The summed E-state index contributed by atoms with van der Waals surface area (Å²) >= 11 is 0. The molecule has 2 aliphatic rings. The lowest BCUT2D eigenvalue weighted by atomic mass is 9.98. The quantitative estimate of drug-likeness (QED) is 0.189. The van der Waals surface area contributed by atoms with Crippen LogP contribution in [0, 0.1) is 0 Å². The molecular weight excluding hydrogens is 454 g/mol. The molecule has 3 heterocycles. The number of hydrogen-bond donors (Lipinski definition) is 1. The number of likely N-dealkylation sites (N-methyl/N-ethyl adjacent to an activating group) is 1. The van der Waals surface area contributed by atoms with E-state index in [-0.39, 0.29) is 6.10 Å². The number of H-pyrrole nitrogens is 1. The van der Waals surface area contributed by atoms with Crippen LogP contribution >= 0.6 is 0 Å². The molecule has 0 fully saturated rings. The molecule has 1 unspecified atom stereocenters. The van der Waals surface area contributed by atoms with Crippen LogP contribution in [0.5, 0.6) is 0 Å². The van der Waals surface area contributed by atoms with Crippen LogP contribution in [0.4, 0.5) is 0 Å². The zero-order valence-corrected chi connectivity index (χ0v) is 24.3. The van der Waals surface area contributed by atoms with Crippen LogP contribution in [0.25, 0.3) is 5.70 Å². The predicted molar refractivity (Wildman–Crippen MR) is 160 cm³/mol. The monoisotopic (exact) mass is 507 g/mol. The second-order valence-electron chi connectivity index (χ2n) is 10.8. The van der Waals surface area contributed by atoms with E-state index in [2.05, 4.69) is 62.0 Å². The molecule has 0 amide bonds. The summed E-state index contributed by atoms with van der Waals surface area (Å²) in [5.74, 6) is 0. The molecule has 1 aromatic rings. The molecular formula is C33H53N3O. The first-order valence-corrected chi connectivity index (χ1v) is 15.4. The van der Waals surface area contributed by atoms with E-state index >= 15 is 0 Å². The van der Waals surface area contributed by atoms with Crippen molar-refractivity contribution in [2.24, 2.45) is 4.99 Å². The van der Waals surface area contributed by atoms with Gasteiger partial charge in [-0.25, -0.2) is 0 Å². The molecule has 1 N–H and O–H groups in total. The van der Waals surface area contributed by atoms with Crippen molar-refractivity contribution in [1.29, 1.82) is 0 Å². The van der Waals surface area contributed by atoms with E-state index < -0.39 is 0 Å². The minimum absolute atomic E-state index is 0.0545. The Morgan fingerprint density at radius 3 is 2.05 bits per heavy atom. The van der Waals surface area contributed by atoms with E-state index in [0.29, 0.717) is 6.61 Å². The highest BCUT2D eigenvalue weighted by Gasteiger charge is 2.32. The van der Waals surface area contributed by atoms with Crippen molar-refractivity contribution in [3.05, 3.63) is 53.1 Å². The number of hydrogen-bond acceptors (Lipinski definition) is 3. The Bertz CT molecular complexity index is 906. The molecule has 1 aromatic heterocycles. The van der Waals surface area contributed by atoms with Gasteiger partial charge in [0.05, 0.1) is 22.8 Å². The van der Waals surface area contributed by atoms with Crippen molar-refractivity contribution >= 4 is 11.4 Å². The normalized spacial score (nSPS) is 19.5. The summed E-state index contributed by atoms with van der Waals surface area (Å²) in [4.78, 5) is 10.9. The first-order chi connectivity index (χ1) is 18.2. The SMILES string of the molecule is CCCCCCCCCCCC1=CC(=C2C(OCC)C=C(c3ccc[nH]3)N2C)N=C1CCCCCCC. The third-order valence-electron chi connectivity index (χ3n) is 7.79. The molecule has 2 aliphatic heterocycles. The number of rotatable bonds is 19. The molecule has 0 saturated heterocycles. The number of aliphatic imine (C=N–C) groups is 1. The van der Waals surface area contributed by atoms with E-state index in [4.69, 9.17) is 9.73 Å². The zero-order chi connectivity index (χ0) is 26.3. The molecule has 37 heavy (non-hydrogen) atoms. The Balaban J connectivity index is 1.66. The minimum atomic E-state index is -0.0545. The van der Waals surface area contributed by atoms with E-state index in [1.807, 2.05) is 6.20 Å². The topological polar surface area (TPSA) is 40.6 Å². The van der Waals surface area contributed by atoms with Crippen LogP contribution in [-0.4, -0.2) is 35.4 Å². The lowest BCUT2D eigenvalue weighted by Crippen LogP contribution is -2.20. The number of nitrogens with one attached hydrogen (secondary N) is 1. The third kappa shape index (κ3) is 9.02. The van der Waals surface area contributed by atoms with Gasteiger partial charge in [0.1, 0.15) is 6.10 Å². The van der Waals surface area contributed by atoms with Gasteiger partial charge < -0.3 is 14.6 Å². The number of aromatic nitrogens is 1. The summed E-state index contributed by atoms with van der Waals surface area (Å²) in [6.45, 7) is 7.34. The Kier molecular flexibility index (Phi) is 13.3. The fourth-order valence-corrected chi connectivity index (χ4v) is 5.62. The Morgan fingerprint density at radius 2 is 1.46 bits per heavy atom. The standard InChI is InChI=1S/C33H53N3O/c1-5-8-10-12-13-14-15-17-18-21-27-25-30(35-28(27)22-19-16-11-9-6-2)33-32(37-7-3)26-31(36(33)4)29-23-20-24-34-29/h20,23-26,32,34H,5-19,21-22H2,1-4H3. The summed E-state index contributed by atoms with van der Waals surface area (Å²) in [7, 11) is 2.15. The number of allylic oxidation sites excluding steroid dienone is 2. The van der Waals surface area contributed by atoms with Crippen molar-refractivity contribution < 1.29 is 4.74 Å². The van der Waals surface area contributed by atoms with Crippen LogP contribution in [0.3, 0.4) is 0 Å². The molecule has 1 atom stereocenters. The van der Waals surface area contributed by atoms with E-state index in [9.17, 15) is 0 Å². The number of unbranched alkanes of at least 4 members (excludes halogenated alkanes) is 12. The van der Waals surface area contributed by atoms with E-state index in [1.165, 1.54) is 113 Å². The second-order valence-corrected chi connectivity index (χ2v) is 10.8. The maximum Gasteiger partial charge on any atom is 0.120 e. The van der Waals surface area contributed by atoms with Gasteiger partial charge in [-0.15, -0.1) is 0 Å². The molecule has 4 heteroatoms. The van der Waals surface area contributed by atoms with Crippen LogP contribution in [-0.2, 0) is 4.74 Å². The van der Waals surface area contributed by atoms with Gasteiger partial charge in [-0.05, 0) is 62.5 Å². The van der Waals surface area contributed by atoms with Gasteiger partial charge in [0.25, 0.3) is 0 Å². The Morgan fingerprint density at radius 1 is 0.838 bits per heavy atom. The number of nitrogens with zero attached hydrogens (tertiary/aromatic N) is 2. The summed E-state index contributed by atoms with van der Waals surface area (Å²) in [5.41, 5.74) is 7.38. The van der Waals surface area contributed by atoms with Gasteiger partial charge >= 0.3 is 0 Å². The van der Waals surface area contributed by atoms with Crippen LogP contribution in [0.1, 0.15) is 129 Å². The highest BCUT2D eigenvalue weighted by atomic mass is 16.5. The smallest absolute Gasteiger partial charge is 0.120 e. The molecule has 0 saturated carbocycles. The van der Waals surface area contributed by atoms with Gasteiger partial charge in [0.15, 0.2) is 0 Å². The van der Waals surface area contributed by atoms with E-state index in [0.717, 1.165) is 24.2 Å². The zero-order valence-electron chi connectivity index (χ0n) is 24.3. The van der Waals surface area contributed by atoms with Crippen molar-refractivity contribution in [3.63, 3.8) is 0 Å². The first-order valence-electron chi connectivity index (χ1n) is 15.4. The van der Waals surface area contributed by atoms with Gasteiger partial charge in [-0.1, -0.05) is 90.9 Å². The molecule has 0 aliphatic carbocycles. The van der Waals surface area contributed by atoms with Crippen LogP contribution < -0.4 is 0 Å². The van der Waals surface area contributed by atoms with Crippen molar-refractivity contribution in [2.75, 3.05) is 13.7 Å². The average molecular weight is 508 g/mol. The van der Waals surface area contributed by atoms with Gasteiger partial charge in [-0.2, -0.15) is 0 Å². The largest absolute Gasteiger partial charge is 0.368 e. The minimum Gasteiger partial charge on any atom is -0.368 e. The average Bonchev–Trinajstić information content (AvgIpc) is 3.63. The Hall–Kier alpha value is -2.07. The van der Waals surface area contributed by atoms with E-state index in [1.54, 1.807) is 0 Å². The van der Waals surface area contributed by atoms with Crippen molar-refractivity contribution in [1.82, 2.24) is 9.88 Å². The third-order valence-corrected chi connectivity index (χ3v) is 7.79. The molecule has 0 aromatic carbocycles. The fourth-order valence-electron chi connectivity index (χ4n) is 5.62. The number of aromatic amines is 1. The highest BCUT2D eigenvalue weighted by Crippen LogP contribution is 2.37. The molecule has 0 radical (unpaired) electrons. The van der Waals surface area contributed by atoms with Gasteiger partial charge in [0.2, 0.25) is 0 Å². The Labute approximate surface area is 227 Å². The molecule has 3 rings (SSSR count). The maximum atomic E-state index is 6.19.